The zero-order valence-corrected chi connectivity index (χ0v) is 11.2. The first-order chi connectivity index (χ1) is 8.86. The Kier molecular flexibility index (Phi) is 7.83. The number of ether oxygens (including phenoxy) is 1. The monoisotopic (exact) mass is 246 g/mol. The minimum Gasteiger partial charge on any atom is -0.377 e. The molecule has 1 aromatic heterocycles. The maximum absolute atomic E-state index is 8.72. The molecule has 0 spiro atoms. The van der Waals surface area contributed by atoms with Gasteiger partial charge >= 0.3 is 0 Å². The lowest BCUT2D eigenvalue weighted by atomic mass is 10.1. The van der Waals surface area contributed by atoms with Crippen molar-refractivity contribution in [1.82, 2.24) is 4.98 Å². The van der Waals surface area contributed by atoms with Crippen LogP contribution >= 0.6 is 0 Å². The van der Waals surface area contributed by atoms with Crippen LogP contribution in [0, 0.1) is 11.3 Å². The Morgan fingerprint density at radius 1 is 1.22 bits per heavy atom. The molecule has 0 amide bonds. The van der Waals surface area contributed by atoms with Crippen LogP contribution in [-0.2, 0) is 11.3 Å². The van der Waals surface area contributed by atoms with E-state index in [2.05, 4.69) is 11.9 Å². The highest BCUT2D eigenvalue weighted by molar-refractivity contribution is 5.24. The number of unbranched alkanes of at least 4 members (excludes halogenated alkanes) is 5. The number of hydrogen-bond donors (Lipinski definition) is 0. The summed E-state index contributed by atoms with van der Waals surface area (Å²) >= 11 is 0. The first kappa shape index (κ1) is 14.7. The predicted molar refractivity (Wildman–Crippen MR) is 72.0 cm³/mol. The minimum atomic E-state index is 0.454. The highest BCUT2D eigenvalue weighted by Gasteiger charge is 1.97. The van der Waals surface area contributed by atoms with Crippen molar-refractivity contribution >= 4 is 0 Å². The molecule has 98 valence electrons. The van der Waals surface area contributed by atoms with Crippen molar-refractivity contribution in [3.8, 4) is 6.07 Å². The summed E-state index contributed by atoms with van der Waals surface area (Å²) in [5.41, 5.74) is 1.48. The van der Waals surface area contributed by atoms with Gasteiger partial charge < -0.3 is 4.74 Å². The van der Waals surface area contributed by atoms with Crippen LogP contribution in [0.1, 0.15) is 56.7 Å². The van der Waals surface area contributed by atoms with Crippen LogP contribution in [0.5, 0.6) is 0 Å². The molecule has 0 bridgehead atoms. The number of nitrogens with zero attached hydrogens (tertiary/aromatic N) is 2. The van der Waals surface area contributed by atoms with Gasteiger partial charge in [-0.25, -0.2) is 4.98 Å². The van der Waals surface area contributed by atoms with Crippen molar-refractivity contribution in [3.63, 3.8) is 0 Å². The summed E-state index contributed by atoms with van der Waals surface area (Å²) < 4.78 is 5.59. The van der Waals surface area contributed by atoms with Gasteiger partial charge in [-0.15, -0.1) is 0 Å². The third kappa shape index (κ3) is 6.36. The van der Waals surface area contributed by atoms with Crippen LogP contribution in [0.25, 0.3) is 0 Å². The Bertz CT molecular complexity index is 371. The summed E-state index contributed by atoms with van der Waals surface area (Å²) in [5, 5.41) is 8.72. The van der Waals surface area contributed by atoms with Crippen LogP contribution in [0.15, 0.2) is 18.3 Å². The Hall–Kier alpha value is -1.40. The van der Waals surface area contributed by atoms with E-state index in [-0.39, 0.29) is 0 Å². The molecule has 0 atom stereocenters. The summed E-state index contributed by atoms with van der Waals surface area (Å²) in [6, 6.07) is 5.70. The summed E-state index contributed by atoms with van der Waals surface area (Å²) in [5.74, 6) is 0. The molecule has 1 heterocycles. The number of hydrogen-bond acceptors (Lipinski definition) is 3. The molecule has 0 saturated heterocycles. The quantitative estimate of drug-likeness (QED) is 0.622. The molecular formula is C15H22N2O. The standard InChI is InChI=1S/C15H22N2O/c1-2-3-4-5-6-7-10-18-13-14-8-9-17-15(11-14)12-16/h8-9,11H,2-7,10,13H2,1H3. The van der Waals surface area contributed by atoms with Gasteiger partial charge in [-0.3, -0.25) is 0 Å². The predicted octanol–water partition coefficient (Wildman–Crippen LogP) is 3.83. The van der Waals surface area contributed by atoms with Gasteiger partial charge in [0.2, 0.25) is 0 Å². The van der Waals surface area contributed by atoms with E-state index >= 15 is 0 Å². The average molecular weight is 246 g/mol. The molecule has 3 heteroatoms. The Labute approximate surface area is 110 Å². The maximum Gasteiger partial charge on any atom is 0.140 e. The first-order valence-electron chi connectivity index (χ1n) is 6.79. The van der Waals surface area contributed by atoms with Crippen LogP contribution in [0.4, 0.5) is 0 Å². The Morgan fingerprint density at radius 2 is 2.00 bits per heavy atom. The van der Waals surface area contributed by atoms with E-state index in [9.17, 15) is 0 Å². The molecule has 3 nitrogen and oxygen atoms in total. The second kappa shape index (κ2) is 9.61. The molecule has 0 aromatic carbocycles. The normalized spacial score (nSPS) is 10.2. The van der Waals surface area contributed by atoms with Gasteiger partial charge in [0.15, 0.2) is 0 Å². The summed E-state index contributed by atoms with van der Waals surface area (Å²) in [6.45, 7) is 3.61. The summed E-state index contributed by atoms with van der Waals surface area (Å²) in [4.78, 5) is 3.93. The molecule has 0 unspecified atom stereocenters. The molecule has 18 heavy (non-hydrogen) atoms. The van der Waals surface area contributed by atoms with Crippen molar-refractivity contribution in [2.45, 2.75) is 52.1 Å². The number of nitriles is 1. The zero-order valence-electron chi connectivity index (χ0n) is 11.2. The van der Waals surface area contributed by atoms with Crippen molar-refractivity contribution in [3.05, 3.63) is 29.6 Å². The summed E-state index contributed by atoms with van der Waals surface area (Å²) in [7, 11) is 0. The molecule has 0 fully saturated rings. The fourth-order valence-corrected chi connectivity index (χ4v) is 1.80. The lowest BCUT2D eigenvalue weighted by Crippen LogP contribution is -1.96. The third-order valence-electron chi connectivity index (χ3n) is 2.85. The van der Waals surface area contributed by atoms with Crippen LogP contribution < -0.4 is 0 Å². The van der Waals surface area contributed by atoms with Crippen molar-refractivity contribution < 1.29 is 4.74 Å². The molecule has 0 aliphatic heterocycles. The zero-order chi connectivity index (χ0) is 13.1. The Morgan fingerprint density at radius 3 is 2.78 bits per heavy atom. The highest BCUT2D eigenvalue weighted by atomic mass is 16.5. The molecule has 0 aliphatic carbocycles. The van der Waals surface area contributed by atoms with Gasteiger partial charge in [0, 0.05) is 12.8 Å². The smallest absolute Gasteiger partial charge is 0.140 e. The lowest BCUT2D eigenvalue weighted by molar-refractivity contribution is 0.116. The third-order valence-corrected chi connectivity index (χ3v) is 2.85. The highest BCUT2D eigenvalue weighted by Crippen LogP contribution is 2.07. The van der Waals surface area contributed by atoms with Gasteiger partial charge in [-0.05, 0) is 24.1 Å². The van der Waals surface area contributed by atoms with E-state index in [1.807, 2.05) is 12.1 Å². The fraction of sp³-hybridized carbons (Fsp3) is 0.600. The van der Waals surface area contributed by atoms with Crippen molar-refractivity contribution in [2.75, 3.05) is 6.61 Å². The minimum absolute atomic E-state index is 0.454. The molecule has 1 aromatic rings. The van der Waals surface area contributed by atoms with E-state index in [1.165, 1.54) is 32.1 Å². The van der Waals surface area contributed by atoms with E-state index in [1.54, 1.807) is 12.3 Å². The van der Waals surface area contributed by atoms with Gasteiger partial charge in [0.1, 0.15) is 11.8 Å². The first-order valence-corrected chi connectivity index (χ1v) is 6.79. The van der Waals surface area contributed by atoms with E-state index in [4.69, 9.17) is 10.00 Å². The van der Waals surface area contributed by atoms with Gasteiger partial charge in [-0.1, -0.05) is 39.0 Å². The van der Waals surface area contributed by atoms with E-state index in [0.717, 1.165) is 18.6 Å². The molecule has 0 aliphatic rings. The summed E-state index contributed by atoms with van der Waals surface area (Å²) in [6.07, 6.45) is 9.31. The largest absolute Gasteiger partial charge is 0.377 e. The second-order valence-electron chi connectivity index (χ2n) is 4.48. The number of rotatable bonds is 9. The topological polar surface area (TPSA) is 45.9 Å². The lowest BCUT2D eigenvalue weighted by Gasteiger charge is -2.04. The van der Waals surface area contributed by atoms with Crippen LogP contribution in [0.2, 0.25) is 0 Å². The average Bonchev–Trinajstić information content (AvgIpc) is 2.42. The number of pyridine rings is 1. The second-order valence-corrected chi connectivity index (χ2v) is 4.48. The molecule has 0 saturated carbocycles. The molecule has 0 N–H and O–H groups in total. The Balaban J connectivity index is 2.05. The van der Waals surface area contributed by atoms with Gasteiger partial charge in [-0.2, -0.15) is 5.26 Å². The van der Waals surface area contributed by atoms with Gasteiger partial charge in [0.05, 0.1) is 6.61 Å². The van der Waals surface area contributed by atoms with Crippen LogP contribution in [0.3, 0.4) is 0 Å². The van der Waals surface area contributed by atoms with E-state index in [0.29, 0.717) is 12.3 Å². The van der Waals surface area contributed by atoms with E-state index < -0.39 is 0 Å². The SMILES string of the molecule is CCCCCCCCOCc1ccnc(C#N)c1. The molecule has 0 radical (unpaired) electrons. The number of aromatic nitrogens is 1. The molecule has 1 rings (SSSR count). The molecular weight excluding hydrogens is 224 g/mol. The van der Waals surface area contributed by atoms with Crippen molar-refractivity contribution in [2.24, 2.45) is 0 Å². The van der Waals surface area contributed by atoms with Gasteiger partial charge in [0.25, 0.3) is 0 Å². The fourth-order valence-electron chi connectivity index (χ4n) is 1.80. The van der Waals surface area contributed by atoms with Crippen LogP contribution in [-0.4, -0.2) is 11.6 Å². The van der Waals surface area contributed by atoms with Crippen molar-refractivity contribution in [1.29, 1.82) is 5.26 Å². The maximum atomic E-state index is 8.72.